The Morgan fingerprint density at radius 1 is 0.697 bits per heavy atom. The van der Waals surface area contributed by atoms with E-state index in [2.05, 4.69) is 44.8 Å². The van der Waals surface area contributed by atoms with Gasteiger partial charge in [0.1, 0.15) is 0 Å². The molecule has 0 atom stereocenters. The lowest BCUT2D eigenvalue weighted by atomic mass is 10.0. The van der Waals surface area contributed by atoms with Gasteiger partial charge in [0.05, 0.1) is 23.3 Å². The van der Waals surface area contributed by atoms with Crippen molar-refractivity contribution in [1.29, 1.82) is 10.5 Å². The van der Waals surface area contributed by atoms with Gasteiger partial charge in [0.2, 0.25) is 0 Å². The quantitative estimate of drug-likeness (QED) is 0.407. The van der Waals surface area contributed by atoms with Crippen LogP contribution in [0.3, 0.4) is 0 Å². The highest BCUT2D eigenvalue weighted by Gasteiger charge is 1.98. The first-order chi connectivity index (χ1) is 16.0. The Kier molecular flexibility index (Phi) is 21.0. The van der Waals surface area contributed by atoms with Gasteiger partial charge < -0.3 is 0 Å². The molecule has 0 radical (unpaired) electrons. The van der Waals surface area contributed by atoms with E-state index in [0.29, 0.717) is 5.92 Å². The van der Waals surface area contributed by atoms with Crippen molar-refractivity contribution in [3.8, 4) is 12.1 Å². The molecule has 0 saturated heterocycles. The fourth-order valence-electron chi connectivity index (χ4n) is 2.40. The summed E-state index contributed by atoms with van der Waals surface area (Å²) in [6, 6.07) is 23.6. The summed E-state index contributed by atoms with van der Waals surface area (Å²) in [5, 5.41) is 17.0. The molecule has 3 heteroatoms. The molecule has 3 rings (SSSR count). The standard InChI is InChI=1S/C10H11N.C9H9N.C7H9N.2C2H6/c1-8(2)10-5-3-4-9(6-10)7-11;1-2-8-3-5-9(7-10)6-4-8;1-2-7-3-5-8-6-4-7;2*1-2/h3-6,8H,1-2H3;3-6H,2H2,1H3;3-6H,2H2,1H3;2*1-2H3. The molecular formula is C30H41N3. The smallest absolute Gasteiger partial charge is 0.0991 e. The minimum atomic E-state index is 0.503. The zero-order chi connectivity index (χ0) is 25.5. The van der Waals surface area contributed by atoms with Gasteiger partial charge >= 0.3 is 0 Å². The van der Waals surface area contributed by atoms with Gasteiger partial charge in [-0.3, -0.25) is 4.98 Å². The first kappa shape index (κ1) is 31.8. The molecule has 33 heavy (non-hydrogen) atoms. The summed E-state index contributed by atoms with van der Waals surface area (Å²) in [6.07, 6.45) is 5.77. The maximum absolute atomic E-state index is 8.59. The normalized spacial score (nSPS) is 8.45. The second-order valence-electron chi connectivity index (χ2n) is 6.76. The Morgan fingerprint density at radius 3 is 1.58 bits per heavy atom. The number of hydrogen-bond donors (Lipinski definition) is 0. The van der Waals surface area contributed by atoms with Gasteiger partial charge in [-0.2, -0.15) is 10.5 Å². The fourth-order valence-corrected chi connectivity index (χ4v) is 2.40. The average Bonchev–Trinajstić information content (AvgIpc) is 2.92. The van der Waals surface area contributed by atoms with Crippen LogP contribution in [0.5, 0.6) is 0 Å². The van der Waals surface area contributed by atoms with Crippen molar-refractivity contribution >= 4 is 0 Å². The van der Waals surface area contributed by atoms with Crippen LogP contribution in [0.25, 0.3) is 0 Å². The lowest BCUT2D eigenvalue weighted by Gasteiger charge is -2.03. The number of nitriles is 2. The van der Waals surface area contributed by atoms with Crippen LogP contribution in [0.4, 0.5) is 0 Å². The van der Waals surface area contributed by atoms with Gasteiger partial charge in [0, 0.05) is 12.4 Å². The number of aromatic nitrogens is 1. The van der Waals surface area contributed by atoms with Gasteiger partial charge in [0.15, 0.2) is 0 Å². The van der Waals surface area contributed by atoms with Crippen LogP contribution in [-0.4, -0.2) is 4.98 Å². The Balaban J connectivity index is 0. The van der Waals surface area contributed by atoms with Crippen molar-refractivity contribution in [2.45, 2.75) is 74.1 Å². The summed E-state index contributed by atoms with van der Waals surface area (Å²) in [6.45, 7) is 16.5. The third-order valence-electron chi connectivity index (χ3n) is 4.33. The zero-order valence-electron chi connectivity index (χ0n) is 21.8. The number of nitrogens with zero attached hydrogens (tertiary/aromatic N) is 3. The Bertz CT molecular complexity index is 915. The van der Waals surface area contributed by atoms with Crippen LogP contribution >= 0.6 is 0 Å². The van der Waals surface area contributed by atoms with E-state index in [4.69, 9.17) is 10.5 Å². The summed E-state index contributed by atoms with van der Waals surface area (Å²) < 4.78 is 0. The highest BCUT2D eigenvalue weighted by Crippen LogP contribution is 2.14. The minimum Gasteiger partial charge on any atom is -0.265 e. The van der Waals surface area contributed by atoms with Crippen LogP contribution in [0, 0.1) is 22.7 Å². The molecule has 176 valence electrons. The summed E-state index contributed by atoms with van der Waals surface area (Å²) in [7, 11) is 0. The molecule has 0 fully saturated rings. The molecule has 1 aromatic heterocycles. The van der Waals surface area contributed by atoms with Crippen molar-refractivity contribution in [3.63, 3.8) is 0 Å². The first-order valence-electron chi connectivity index (χ1n) is 11.9. The van der Waals surface area contributed by atoms with E-state index in [1.807, 2.05) is 101 Å². The van der Waals surface area contributed by atoms with Gasteiger partial charge in [-0.1, -0.05) is 79.7 Å². The van der Waals surface area contributed by atoms with Crippen molar-refractivity contribution < 1.29 is 0 Å². The van der Waals surface area contributed by atoms with Gasteiger partial charge in [-0.15, -0.1) is 0 Å². The molecule has 0 aliphatic carbocycles. The van der Waals surface area contributed by atoms with E-state index in [0.717, 1.165) is 24.0 Å². The number of aryl methyl sites for hydroxylation is 2. The number of hydrogen-bond acceptors (Lipinski definition) is 3. The van der Waals surface area contributed by atoms with Gasteiger partial charge in [-0.25, -0.2) is 0 Å². The molecule has 0 aliphatic heterocycles. The third-order valence-corrected chi connectivity index (χ3v) is 4.33. The van der Waals surface area contributed by atoms with E-state index in [9.17, 15) is 0 Å². The molecule has 0 spiro atoms. The van der Waals surface area contributed by atoms with E-state index in [1.165, 1.54) is 16.7 Å². The number of pyridine rings is 1. The van der Waals surface area contributed by atoms with Crippen LogP contribution in [0.1, 0.15) is 89.1 Å². The Morgan fingerprint density at radius 2 is 1.18 bits per heavy atom. The van der Waals surface area contributed by atoms with Crippen LogP contribution in [0.15, 0.2) is 73.1 Å². The molecule has 0 amide bonds. The molecular weight excluding hydrogens is 402 g/mol. The molecule has 0 bridgehead atoms. The number of benzene rings is 2. The predicted molar refractivity (Wildman–Crippen MR) is 142 cm³/mol. The lowest BCUT2D eigenvalue weighted by Crippen LogP contribution is -1.86. The summed E-state index contributed by atoms with van der Waals surface area (Å²) in [4.78, 5) is 3.89. The summed E-state index contributed by atoms with van der Waals surface area (Å²) >= 11 is 0. The second-order valence-corrected chi connectivity index (χ2v) is 6.76. The molecule has 2 aromatic carbocycles. The van der Waals surface area contributed by atoms with Crippen LogP contribution in [-0.2, 0) is 12.8 Å². The van der Waals surface area contributed by atoms with Crippen LogP contribution < -0.4 is 0 Å². The SMILES string of the molecule is CC.CC.CC(C)c1cccc(C#N)c1.CCc1ccc(C#N)cc1.CCc1ccncc1. The Labute approximate surface area is 202 Å². The molecule has 0 saturated carbocycles. The largest absolute Gasteiger partial charge is 0.265 e. The van der Waals surface area contributed by atoms with E-state index < -0.39 is 0 Å². The topological polar surface area (TPSA) is 60.5 Å². The molecule has 0 unspecified atom stereocenters. The van der Waals surface area contributed by atoms with Crippen LogP contribution in [0.2, 0.25) is 0 Å². The van der Waals surface area contributed by atoms with Crippen molar-refractivity contribution in [3.05, 3.63) is 101 Å². The van der Waals surface area contributed by atoms with Crippen molar-refractivity contribution in [2.75, 3.05) is 0 Å². The maximum atomic E-state index is 8.59. The lowest BCUT2D eigenvalue weighted by molar-refractivity contribution is 0.866. The second kappa shape index (κ2) is 21.8. The van der Waals surface area contributed by atoms with Gasteiger partial charge in [0.25, 0.3) is 0 Å². The molecule has 1 heterocycles. The average molecular weight is 444 g/mol. The monoisotopic (exact) mass is 443 g/mol. The molecule has 0 N–H and O–H groups in total. The van der Waals surface area contributed by atoms with Crippen molar-refractivity contribution in [2.24, 2.45) is 0 Å². The zero-order valence-corrected chi connectivity index (χ0v) is 21.8. The maximum Gasteiger partial charge on any atom is 0.0991 e. The summed E-state index contributed by atoms with van der Waals surface area (Å²) in [5.74, 6) is 0.503. The molecule has 0 aliphatic rings. The summed E-state index contributed by atoms with van der Waals surface area (Å²) in [5.41, 5.74) is 5.33. The predicted octanol–water partition coefficient (Wildman–Crippen LogP) is 8.50. The van der Waals surface area contributed by atoms with E-state index in [-0.39, 0.29) is 0 Å². The number of rotatable bonds is 3. The first-order valence-corrected chi connectivity index (χ1v) is 11.9. The van der Waals surface area contributed by atoms with E-state index in [1.54, 1.807) is 0 Å². The highest BCUT2D eigenvalue weighted by molar-refractivity contribution is 5.34. The minimum absolute atomic E-state index is 0.503. The Hall–Kier alpha value is -3.43. The van der Waals surface area contributed by atoms with Crippen molar-refractivity contribution in [1.82, 2.24) is 4.98 Å². The molecule has 3 nitrogen and oxygen atoms in total. The van der Waals surface area contributed by atoms with Gasteiger partial charge in [-0.05, 0) is 71.8 Å². The third kappa shape index (κ3) is 15.1. The van der Waals surface area contributed by atoms with E-state index >= 15 is 0 Å². The fraction of sp³-hybridized carbons (Fsp3) is 0.367. The highest BCUT2D eigenvalue weighted by atomic mass is 14.6. The molecule has 3 aromatic rings.